The maximum absolute atomic E-state index is 12.0. The van der Waals surface area contributed by atoms with Crippen LogP contribution in [0.3, 0.4) is 0 Å². The highest BCUT2D eigenvalue weighted by atomic mass is 32.2. The van der Waals surface area contributed by atoms with Crippen molar-refractivity contribution >= 4 is 21.4 Å². The van der Waals surface area contributed by atoms with Crippen LogP contribution >= 0.6 is 11.3 Å². The summed E-state index contributed by atoms with van der Waals surface area (Å²) in [6, 6.07) is 3.32. The summed E-state index contributed by atoms with van der Waals surface area (Å²) in [5.74, 6) is 0. The lowest BCUT2D eigenvalue weighted by atomic mass is 9.95. The Morgan fingerprint density at radius 1 is 1.44 bits per heavy atom. The first-order valence-electron chi connectivity index (χ1n) is 5.27. The SMILES string of the molecule is CCC(CC)(CN)NS(=O)(=O)c1cccs1. The Morgan fingerprint density at radius 2 is 2.06 bits per heavy atom. The molecule has 16 heavy (non-hydrogen) atoms. The van der Waals surface area contributed by atoms with Crippen LogP contribution in [-0.2, 0) is 10.0 Å². The molecule has 4 nitrogen and oxygen atoms in total. The van der Waals surface area contributed by atoms with Crippen LogP contribution < -0.4 is 10.5 Å². The first-order valence-corrected chi connectivity index (χ1v) is 7.63. The molecule has 0 radical (unpaired) electrons. The van der Waals surface area contributed by atoms with Crippen molar-refractivity contribution in [3.63, 3.8) is 0 Å². The zero-order valence-electron chi connectivity index (χ0n) is 9.56. The van der Waals surface area contributed by atoms with E-state index in [0.717, 1.165) is 0 Å². The molecule has 3 N–H and O–H groups in total. The summed E-state index contributed by atoms with van der Waals surface area (Å²) in [5.41, 5.74) is 5.14. The molecular formula is C10H18N2O2S2. The van der Waals surface area contributed by atoms with Gasteiger partial charge in [0, 0.05) is 12.1 Å². The van der Waals surface area contributed by atoms with Gasteiger partial charge in [-0.05, 0) is 24.3 Å². The summed E-state index contributed by atoms with van der Waals surface area (Å²) in [6.45, 7) is 4.19. The predicted molar refractivity (Wildman–Crippen MR) is 67.0 cm³/mol. The average Bonchev–Trinajstić information content (AvgIpc) is 2.80. The first-order chi connectivity index (χ1) is 7.49. The second-order valence-corrected chi connectivity index (χ2v) is 6.59. The zero-order valence-corrected chi connectivity index (χ0v) is 11.2. The van der Waals surface area contributed by atoms with Crippen molar-refractivity contribution in [2.45, 2.75) is 36.4 Å². The molecule has 0 fully saturated rings. The minimum atomic E-state index is -3.42. The number of thiophene rings is 1. The number of hydrogen-bond donors (Lipinski definition) is 2. The van der Waals surface area contributed by atoms with Crippen molar-refractivity contribution in [2.24, 2.45) is 5.73 Å². The lowest BCUT2D eigenvalue weighted by Gasteiger charge is -2.30. The van der Waals surface area contributed by atoms with Gasteiger partial charge in [0.05, 0.1) is 0 Å². The van der Waals surface area contributed by atoms with Gasteiger partial charge in [-0.25, -0.2) is 13.1 Å². The molecule has 92 valence electrons. The van der Waals surface area contributed by atoms with E-state index < -0.39 is 15.6 Å². The van der Waals surface area contributed by atoms with E-state index in [-0.39, 0.29) is 0 Å². The number of nitrogens with two attached hydrogens (primary N) is 1. The molecule has 0 aliphatic carbocycles. The number of nitrogens with one attached hydrogen (secondary N) is 1. The largest absolute Gasteiger partial charge is 0.329 e. The molecule has 1 aromatic rings. The molecule has 0 aliphatic rings. The Balaban J connectivity index is 2.96. The number of hydrogen-bond acceptors (Lipinski definition) is 4. The molecule has 0 amide bonds. The molecule has 1 rings (SSSR count). The molecular weight excluding hydrogens is 244 g/mol. The molecule has 0 unspecified atom stereocenters. The Morgan fingerprint density at radius 3 is 2.44 bits per heavy atom. The third-order valence-corrected chi connectivity index (χ3v) is 5.83. The van der Waals surface area contributed by atoms with Crippen molar-refractivity contribution in [2.75, 3.05) is 6.54 Å². The van der Waals surface area contributed by atoms with Crippen LogP contribution in [0.2, 0.25) is 0 Å². The minimum Gasteiger partial charge on any atom is -0.329 e. The van der Waals surface area contributed by atoms with Crippen LogP contribution in [0.1, 0.15) is 26.7 Å². The Labute approximate surface area is 101 Å². The van der Waals surface area contributed by atoms with E-state index >= 15 is 0 Å². The van der Waals surface area contributed by atoms with Gasteiger partial charge < -0.3 is 5.73 Å². The molecule has 6 heteroatoms. The lowest BCUT2D eigenvalue weighted by molar-refractivity contribution is 0.363. The van der Waals surface area contributed by atoms with E-state index in [1.54, 1.807) is 17.5 Å². The number of rotatable bonds is 6. The molecule has 0 bridgehead atoms. The third kappa shape index (κ3) is 2.82. The van der Waals surface area contributed by atoms with E-state index in [9.17, 15) is 8.42 Å². The molecule has 0 saturated carbocycles. The van der Waals surface area contributed by atoms with Gasteiger partial charge in [-0.1, -0.05) is 19.9 Å². The summed E-state index contributed by atoms with van der Waals surface area (Å²) >= 11 is 1.21. The molecule has 1 aromatic heterocycles. The maximum Gasteiger partial charge on any atom is 0.250 e. The standard InChI is InChI=1S/C10H18N2O2S2/c1-3-10(4-2,8-11)12-16(13,14)9-6-5-7-15-9/h5-7,12H,3-4,8,11H2,1-2H3. The first kappa shape index (κ1) is 13.6. The van der Waals surface area contributed by atoms with Gasteiger partial charge in [0.15, 0.2) is 0 Å². The summed E-state index contributed by atoms with van der Waals surface area (Å²) in [6.07, 6.45) is 1.37. The third-order valence-electron chi connectivity index (χ3n) is 2.86. The predicted octanol–water partition coefficient (Wildman–Crippen LogP) is 1.54. The molecule has 1 heterocycles. The van der Waals surface area contributed by atoms with Crippen LogP contribution in [0.4, 0.5) is 0 Å². The highest BCUT2D eigenvalue weighted by molar-refractivity contribution is 7.91. The van der Waals surface area contributed by atoms with E-state index in [1.807, 2.05) is 13.8 Å². The monoisotopic (exact) mass is 262 g/mol. The lowest BCUT2D eigenvalue weighted by Crippen LogP contribution is -2.52. The molecule has 0 atom stereocenters. The van der Waals surface area contributed by atoms with Crippen molar-refractivity contribution in [1.29, 1.82) is 0 Å². The van der Waals surface area contributed by atoms with Gasteiger partial charge in [0.2, 0.25) is 0 Å². The number of sulfonamides is 1. The Bertz CT molecular complexity index is 400. The van der Waals surface area contributed by atoms with Crippen LogP contribution in [0.25, 0.3) is 0 Å². The van der Waals surface area contributed by atoms with Gasteiger partial charge >= 0.3 is 0 Å². The highest BCUT2D eigenvalue weighted by Gasteiger charge is 2.31. The van der Waals surface area contributed by atoms with Gasteiger partial charge in [-0.15, -0.1) is 11.3 Å². The second-order valence-electron chi connectivity index (χ2n) is 3.73. The van der Waals surface area contributed by atoms with E-state index in [0.29, 0.717) is 23.6 Å². The maximum atomic E-state index is 12.0. The fourth-order valence-corrected chi connectivity index (χ4v) is 4.02. The van der Waals surface area contributed by atoms with Gasteiger partial charge in [0.25, 0.3) is 10.0 Å². The minimum absolute atomic E-state index is 0.310. The molecule has 0 aromatic carbocycles. The van der Waals surface area contributed by atoms with Crippen LogP contribution in [0, 0.1) is 0 Å². The molecule has 0 aliphatic heterocycles. The second kappa shape index (κ2) is 5.27. The van der Waals surface area contributed by atoms with Crippen molar-refractivity contribution in [3.05, 3.63) is 17.5 Å². The Kier molecular flexibility index (Phi) is 4.49. The van der Waals surface area contributed by atoms with E-state index in [2.05, 4.69) is 4.72 Å². The van der Waals surface area contributed by atoms with Crippen molar-refractivity contribution in [3.8, 4) is 0 Å². The normalized spacial score (nSPS) is 12.9. The van der Waals surface area contributed by atoms with E-state index in [1.165, 1.54) is 11.3 Å². The summed E-state index contributed by atoms with van der Waals surface area (Å²) < 4.78 is 27.1. The fraction of sp³-hybridized carbons (Fsp3) is 0.600. The van der Waals surface area contributed by atoms with Gasteiger partial charge in [0.1, 0.15) is 4.21 Å². The van der Waals surface area contributed by atoms with Crippen LogP contribution in [0.5, 0.6) is 0 Å². The van der Waals surface area contributed by atoms with Crippen molar-refractivity contribution in [1.82, 2.24) is 4.72 Å². The van der Waals surface area contributed by atoms with Crippen LogP contribution in [0.15, 0.2) is 21.7 Å². The molecule has 0 spiro atoms. The quantitative estimate of drug-likeness (QED) is 0.817. The smallest absolute Gasteiger partial charge is 0.250 e. The Hall–Kier alpha value is -0.430. The summed E-state index contributed by atoms with van der Waals surface area (Å²) in [4.78, 5) is 0. The van der Waals surface area contributed by atoms with Crippen molar-refractivity contribution < 1.29 is 8.42 Å². The fourth-order valence-electron chi connectivity index (χ4n) is 1.48. The molecule has 0 saturated heterocycles. The van der Waals surface area contributed by atoms with Crippen LogP contribution in [-0.4, -0.2) is 20.5 Å². The summed E-state index contributed by atoms with van der Waals surface area (Å²) in [5, 5.41) is 1.75. The summed E-state index contributed by atoms with van der Waals surface area (Å²) in [7, 11) is -3.42. The van der Waals surface area contributed by atoms with Gasteiger partial charge in [-0.3, -0.25) is 0 Å². The topological polar surface area (TPSA) is 72.2 Å². The zero-order chi connectivity index (χ0) is 12.2. The average molecular weight is 262 g/mol. The van der Waals surface area contributed by atoms with Gasteiger partial charge in [-0.2, -0.15) is 0 Å². The van der Waals surface area contributed by atoms with E-state index in [4.69, 9.17) is 5.73 Å². The highest BCUT2D eigenvalue weighted by Crippen LogP contribution is 2.21.